The van der Waals surface area contributed by atoms with Gasteiger partial charge in [0, 0.05) is 23.9 Å². The van der Waals surface area contributed by atoms with Gasteiger partial charge in [0.15, 0.2) is 0 Å². The number of hydrogen-bond acceptors (Lipinski definition) is 2. The van der Waals surface area contributed by atoms with Gasteiger partial charge >= 0.3 is 12.2 Å². The van der Waals surface area contributed by atoms with E-state index in [9.17, 15) is 27.2 Å². The lowest BCUT2D eigenvalue weighted by molar-refractivity contribution is -0.137. The van der Waals surface area contributed by atoms with E-state index in [4.69, 9.17) is 0 Å². The fraction of sp³-hybridized carbons (Fsp3) is 0.182. The summed E-state index contributed by atoms with van der Waals surface area (Å²) >= 11 is 0. The smallest absolute Gasteiger partial charge is 0.348 e. The number of carbonyl (C=O) groups is 2. The van der Waals surface area contributed by atoms with Gasteiger partial charge in [-0.25, -0.2) is 9.18 Å². The number of benzene rings is 2. The van der Waals surface area contributed by atoms with Crippen LogP contribution in [0.2, 0.25) is 0 Å². The fourth-order valence-corrected chi connectivity index (χ4v) is 2.90. The number of nitrogens with one attached hydrogen (secondary N) is 4. The van der Waals surface area contributed by atoms with E-state index in [2.05, 4.69) is 20.9 Å². The minimum Gasteiger partial charge on any atom is -0.348 e. The summed E-state index contributed by atoms with van der Waals surface area (Å²) in [5, 5.41) is 7.27. The van der Waals surface area contributed by atoms with Gasteiger partial charge in [0.25, 0.3) is 0 Å². The number of H-pyrrole nitrogens is 1. The Hall–Kier alpha value is -3.82. The average molecular weight is 448 g/mol. The van der Waals surface area contributed by atoms with Crippen LogP contribution in [0.1, 0.15) is 25.3 Å². The number of aromatic amines is 1. The minimum atomic E-state index is -4.66. The summed E-state index contributed by atoms with van der Waals surface area (Å²) in [6.07, 6.45) is -1.79. The molecule has 168 valence electrons. The maximum Gasteiger partial charge on any atom is 0.416 e. The third-order valence-electron chi connectivity index (χ3n) is 4.45. The van der Waals surface area contributed by atoms with Crippen LogP contribution in [0.5, 0.6) is 0 Å². The molecule has 0 fully saturated rings. The van der Waals surface area contributed by atoms with Crippen molar-refractivity contribution in [2.24, 2.45) is 0 Å². The number of carbonyl (C=O) groups excluding carboxylic acids is 2. The lowest BCUT2D eigenvalue weighted by Crippen LogP contribution is -2.20. The van der Waals surface area contributed by atoms with Gasteiger partial charge in [0.1, 0.15) is 11.6 Å². The highest BCUT2D eigenvalue weighted by molar-refractivity contribution is 6.00. The highest BCUT2D eigenvalue weighted by atomic mass is 19.4. The van der Waals surface area contributed by atoms with Crippen molar-refractivity contribution in [2.75, 3.05) is 16.0 Å². The van der Waals surface area contributed by atoms with E-state index >= 15 is 0 Å². The van der Waals surface area contributed by atoms with Crippen molar-refractivity contribution in [1.29, 1.82) is 0 Å². The first-order chi connectivity index (χ1) is 15.2. The number of halogens is 4. The van der Waals surface area contributed by atoms with Gasteiger partial charge in [0.05, 0.1) is 11.3 Å². The zero-order valence-electron chi connectivity index (χ0n) is 16.9. The maximum atomic E-state index is 13.8. The summed E-state index contributed by atoms with van der Waals surface area (Å²) in [7, 11) is 0. The largest absolute Gasteiger partial charge is 0.416 e. The van der Waals surface area contributed by atoms with Crippen molar-refractivity contribution < 1.29 is 27.2 Å². The van der Waals surface area contributed by atoms with Crippen LogP contribution in [0.25, 0.3) is 11.1 Å². The Labute approximate surface area is 181 Å². The number of amides is 3. The molecule has 0 saturated heterocycles. The lowest BCUT2D eigenvalue weighted by Gasteiger charge is -2.12. The molecule has 0 atom stereocenters. The molecule has 1 heterocycles. The first kappa shape index (κ1) is 22.9. The quantitative estimate of drug-likeness (QED) is 0.337. The normalized spacial score (nSPS) is 11.2. The van der Waals surface area contributed by atoms with E-state index in [1.165, 1.54) is 0 Å². The van der Waals surface area contributed by atoms with Gasteiger partial charge in [-0.15, -0.1) is 0 Å². The molecule has 2 aromatic carbocycles. The SMILES string of the molecule is CCCC(=O)Nc1cc(-c2ccc(NC(=O)Nc3cc(C(F)(F)F)ccc3F)cc2)c[nH]1. The average Bonchev–Trinajstić information content (AvgIpc) is 3.18. The predicted molar refractivity (Wildman–Crippen MR) is 114 cm³/mol. The van der Waals surface area contributed by atoms with Crippen LogP contribution >= 0.6 is 0 Å². The number of hydrogen-bond donors (Lipinski definition) is 4. The zero-order valence-corrected chi connectivity index (χ0v) is 16.9. The molecule has 10 heteroatoms. The molecule has 0 unspecified atom stereocenters. The Morgan fingerprint density at radius 3 is 2.31 bits per heavy atom. The molecule has 0 aliphatic rings. The molecule has 32 heavy (non-hydrogen) atoms. The Kier molecular flexibility index (Phi) is 6.82. The Morgan fingerprint density at radius 2 is 1.66 bits per heavy atom. The molecule has 0 aliphatic heterocycles. The van der Waals surface area contributed by atoms with Crippen LogP contribution in [0, 0.1) is 5.82 Å². The molecule has 3 aromatic rings. The van der Waals surface area contributed by atoms with Gasteiger partial charge in [-0.05, 0) is 48.4 Å². The second-order valence-corrected chi connectivity index (χ2v) is 6.95. The van der Waals surface area contributed by atoms with Crippen molar-refractivity contribution in [3.05, 3.63) is 66.1 Å². The summed E-state index contributed by atoms with van der Waals surface area (Å²) < 4.78 is 52.1. The molecule has 6 nitrogen and oxygen atoms in total. The second kappa shape index (κ2) is 9.54. The highest BCUT2D eigenvalue weighted by Gasteiger charge is 2.31. The molecule has 0 radical (unpaired) electrons. The van der Waals surface area contributed by atoms with Gasteiger partial charge < -0.3 is 20.9 Å². The number of alkyl halides is 3. The predicted octanol–water partition coefficient (Wildman–Crippen LogP) is 6.22. The van der Waals surface area contributed by atoms with Crippen molar-refractivity contribution in [2.45, 2.75) is 25.9 Å². The molecule has 3 amide bonds. The van der Waals surface area contributed by atoms with Crippen LogP contribution in [0.15, 0.2) is 54.7 Å². The monoisotopic (exact) mass is 448 g/mol. The molecule has 4 N–H and O–H groups in total. The first-order valence-corrected chi connectivity index (χ1v) is 9.69. The van der Waals surface area contributed by atoms with E-state index in [0.717, 1.165) is 17.5 Å². The van der Waals surface area contributed by atoms with E-state index in [0.29, 0.717) is 36.1 Å². The number of rotatable bonds is 6. The van der Waals surface area contributed by atoms with E-state index in [1.54, 1.807) is 36.5 Å². The van der Waals surface area contributed by atoms with E-state index in [1.807, 2.05) is 6.92 Å². The molecular formula is C22H20F4N4O2. The van der Waals surface area contributed by atoms with Gasteiger partial charge in [-0.3, -0.25) is 4.79 Å². The number of urea groups is 1. The molecule has 1 aromatic heterocycles. The Bertz CT molecular complexity index is 1110. The Morgan fingerprint density at radius 1 is 0.938 bits per heavy atom. The highest BCUT2D eigenvalue weighted by Crippen LogP contribution is 2.32. The molecule has 0 saturated carbocycles. The van der Waals surface area contributed by atoms with Gasteiger partial charge in [0.2, 0.25) is 5.91 Å². The lowest BCUT2D eigenvalue weighted by atomic mass is 10.1. The molecule has 0 aliphatic carbocycles. The van der Waals surface area contributed by atoms with Gasteiger partial charge in [-0.1, -0.05) is 19.1 Å². The van der Waals surface area contributed by atoms with Crippen molar-refractivity contribution in [3.63, 3.8) is 0 Å². The summed E-state index contributed by atoms with van der Waals surface area (Å²) in [6.45, 7) is 1.91. The number of aromatic nitrogens is 1. The van der Waals surface area contributed by atoms with E-state index < -0.39 is 29.3 Å². The Balaban J connectivity index is 1.63. The molecular weight excluding hydrogens is 428 g/mol. The summed E-state index contributed by atoms with van der Waals surface area (Å²) in [6, 6.07) is 9.22. The molecule has 0 spiro atoms. The molecule has 0 bridgehead atoms. The topological polar surface area (TPSA) is 86.0 Å². The van der Waals surface area contributed by atoms with Crippen LogP contribution in [-0.2, 0) is 11.0 Å². The number of anilines is 3. The van der Waals surface area contributed by atoms with Crippen molar-refractivity contribution >= 4 is 29.1 Å². The standard InChI is InChI=1S/C22H20F4N4O2/c1-2-3-20(31)30-19-10-14(12-27-19)13-4-7-16(8-5-13)28-21(32)29-18-11-15(22(24,25)26)6-9-17(18)23/h4-12,27H,2-3H2,1H3,(H,30,31)(H2,28,29,32). The minimum absolute atomic E-state index is 0.0938. The fourth-order valence-electron chi connectivity index (χ4n) is 2.90. The summed E-state index contributed by atoms with van der Waals surface area (Å²) in [5.74, 6) is -0.524. The third kappa shape index (κ3) is 5.87. The zero-order chi connectivity index (χ0) is 23.3. The van der Waals surface area contributed by atoms with Crippen LogP contribution in [0.3, 0.4) is 0 Å². The summed E-state index contributed by atoms with van der Waals surface area (Å²) in [4.78, 5) is 26.7. The van der Waals surface area contributed by atoms with Crippen molar-refractivity contribution in [3.8, 4) is 11.1 Å². The second-order valence-electron chi connectivity index (χ2n) is 6.95. The first-order valence-electron chi connectivity index (χ1n) is 9.69. The van der Waals surface area contributed by atoms with Crippen molar-refractivity contribution in [1.82, 2.24) is 4.98 Å². The van der Waals surface area contributed by atoms with Gasteiger partial charge in [-0.2, -0.15) is 13.2 Å². The van der Waals surface area contributed by atoms with E-state index in [-0.39, 0.29) is 5.91 Å². The maximum absolute atomic E-state index is 13.8. The van der Waals surface area contributed by atoms with Crippen LogP contribution in [-0.4, -0.2) is 16.9 Å². The van der Waals surface area contributed by atoms with Crippen LogP contribution < -0.4 is 16.0 Å². The molecule has 3 rings (SSSR count). The third-order valence-corrected chi connectivity index (χ3v) is 4.45. The van der Waals surface area contributed by atoms with Crippen LogP contribution in [0.4, 0.5) is 39.5 Å². The summed E-state index contributed by atoms with van der Waals surface area (Å²) in [5.41, 5.74) is 0.297.